The molecule has 0 N–H and O–H groups in total. The largest absolute Gasteiger partial charge is 0.461 e. The summed E-state index contributed by atoms with van der Waals surface area (Å²) in [6, 6.07) is 3.32. The molecular weight excluding hydrogens is 302 g/mol. The molecule has 7 nitrogen and oxygen atoms in total. The number of rotatable bonds is 5. The molecule has 0 bridgehead atoms. The molecule has 2 rings (SSSR count). The van der Waals surface area contributed by atoms with Gasteiger partial charge in [0.15, 0.2) is 19.1 Å². The van der Waals surface area contributed by atoms with Crippen molar-refractivity contribution < 1.29 is 28.0 Å². The Bertz CT molecular complexity index is 643. The van der Waals surface area contributed by atoms with Gasteiger partial charge in [-0.3, -0.25) is 10.1 Å². The standard InChI is InChI=1S/C13H12F2N2O5/c1-2-21-12(18)11-9-5-8(17(19)20)3-4-10(9)22-13(6-14,7-15)16-11/h3-5H,2,6-7H2,1H3. The van der Waals surface area contributed by atoms with Gasteiger partial charge in [-0.15, -0.1) is 0 Å². The number of fused-ring (bicyclic) bond motifs is 1. The van der Waals surface area contributed by atoms with Crippen molar-refractivity contribution in [3.05, 3.63) is 33.9 Å². The van der Waals surface area contributed by atoms with Crippen LogP contribution in [0.5, 0.6) is 5.75 Å². The fourth-order valence-electron chi connectivity index (χ4n) is 1.90. The van der Waals surface area contributed by atoms with Crippen LogP contribution in [0.15, 0.2) is 23.2 Å². The van der Waals surface area contributed by atoms with Gasteiger partial charge < -0.3 is 9.47 Å². The average Bonchev–Trinajstić information content (AvgIpc) is 2.53. The van der Waals surface area contributed by atoms with Gasteiger partial charge in [-0.05, 0) is 13.0 Å². The summed E-state index contributed by atoms with van der Waals surface area (Å²) in [5.41, 5.74) is -2.93. The van der Waals surface area contributed by atoms with Crippen LogP contribution in [0, 0.1) is 10.1 Å². The first-order valence-corrected chi connectivity index (χ1v) is 6.33. The average molecular weight is 314 g/mol. The second-order valence-electron chi connectivity index (χ2n) is 4.43. The summed E-state index contributed by atoms with van der Waals surface area (Å²) in [5, 5.41) is 10.8. The Hall–Kier alpha value is -2.58. The minimum absolute atomic E-state index is 0.0151. The highest BCUT2D eigenvalue weighted by molar-refractivity contribution is 6.44. The highest BCUT2D eigenvalue weighted by atomic mass is 19.1. The maximum absolute atomic E-state index is 13.1. The highest BCUT2D eigenvalue weighted by Crippen LogP contribution is 2.34. The molecular formula is C13H12F2N2O5. The number of nitro benzene ring substituents is 1. The molecule has 1 aliphatic rings. The van der Waals surface area contributed by atoms with Crippen LogP contribution in [0.4, 0.5) is 14.5 Å². The molecule has 0 aliphatic carbocycles. The number of non-ortho nitro benzene ring substituents is 1. The number of halogens is 2. The quantitative estimate of drug-likeness (QED) is 0.471. The number of hydrogen-bond acceptors (Lipinski definition) is 6. The molecule has 1 heterocycles. The second kappa shape index (κ2) is 6.04. The zero-order valence-corrected chi connectivity index (χ0v) is 11.5. The van der Waals surface area contributed by atoms with Gasteiger partial charge in [0.05, 0.1) is 17.1 Å². The van der Waals surface area contributed by atoms with E-state index in [0.717, 1.165) is 12.1 Å². The van der Waals surface area contributed by atoms with Crippen LogP contribution in [0.25, 0.3) is 0 Å². The Morgan fingerprint density at radius 3 is 2.68 bits per heavy atom. The van der Waals surface area contributed by atoms with Crippen LogP contribution in [-0.4, -0.2) is 42.3 Å². The highest BCUT2D eigenvalue weighted by Gasteiger charge is 2.40. The zero-order valence-electron chi connectivity index (χ0n) is 11.5. The van der Waals surface area contributed by atoms with E-state index in [2.05, 4.69) is 4.99 Å². The van der Waals surface area contributed by atoms with Gasteiger partial charge in [-0.2, -0.15) is 0 Å². The smallest absolute Gasteiger partial charge is 0.357 e. The van der Waals surface area contributed by atoms with E-state index in [1.54, 1.807) is 6.92 Å². The molecule has 0 aromatic heterocycles. The van der Waals surface area contributed by atoms with E-state index in [0.29, 0.717) is 0 Å². The summed E-state index contributed by atoms with van der Waals surface area (Å²) in [6.07, 6.45) is 0. The molecule has 1 aliphatic heterocycles. The first kappa shape index (κ1) is 15.8. The van der Waals surface area contributed by atoms with Crippen molar-refractivity contribution in [3.8, 4) is 5.75 Å². The summed E-state index contributed by atoms with van der Waals surface area (Å²) >= 11 is 0. The zero-order chi connectivity index (χ0) is 16.3. The number of alkyl halides is 2. The van der Waals surface area contributed by atoms with Gasteiger partial charge in [-0.1, -0.05) is 0 Å². The van der Waals surface area contributed by atoms with E-state index in [9.17, 15) is 23.7 Å². The molecule has 1 aromatic rings. The number of carbonyl (C=O) groups excluding carboxylic acids is 1. The van der Waals surface area contributed by atoms with Gasteiger partial charge in [0.1, 0.15) is 5.75 Å². The molecule has 0 fully saturated rings. The molecule has 0 spiro atoms. The first-order valence-electron chi connectivity index (χ1n) is 6.33. The topological polar surface area (TPSA) is 91.0 Å². The Balaban J connectivity index is 2.59. The molecule has 0 saturated heterocycles. The Labute approximate surface area is 123 Å². The number of esters is 1. The van der Waals surface area contributed by atoms with Crippen molar-refractivity contribution in [2.75, 3.05) is 20.0 Å². The number of nitro groups is 1. The molecule has 0 atom stereocenters. The van der Waals surface area contributed by atoms with E-state index in [4.69, 9.17) is 9.47 Å². The Morgan fingerprint density at radius 1 is 1.45 bits per heavy atom. The summed E-state index contributed by atoms with van der Waals surface area (Å²) in [6.45, 7) is -1.05. The van der Waals surface area contributed by atoms with E-state index in [1.807, 2.05) is 0 Å². The monoisotopic (exact) mass is 314 g/mol. The number of ether oxygens (including phenoxy) is 2. The number of hydrogen-bond donors (Lipinski definition) is 0. The number of benzene rings is 1. The fourth-order valence-corrected chi connectivity index (χ4v) is 1.90. The Morgan fingerprint density at radius 2 is 2.14 bits per heavy atom. The molecule has 0 unspecified atom stereocenters. The summed E-state index contributed by atoms with van der Waals surface area (Å²) in [7, 11) is 0. The maximum atomic E-state index is 13.1. The Kier molecular flexibility index (Phi) is 4.34. The molecule has 0 amide bonds. The number of aliphatic imine (C=N–C) groups is 1. The van der Waals surface area contributed by atoms with Crippen molar-refractivity contribution in [2.45, 2.75) is 12.6 Å². The third-order valence-electron chi connectivity index (χ3n) is 2.93. The number of nitrogens with zero attached hydrogens (tertiary/aromatic N) is 2. The van der Waals surface area contributed by atoms with Crippen LogP contribution in [-0.2, 0) is 9.53 Å². The van der Waals surface area contributed by atoms with E-state index in [-0.39, 0.29) is 23.6 Å². The lowest BCUT2D eigenvalue weighted by atomic mass is 10.0. The minimum Gasteiger partial charge on any atom is -0.461 e. The molecule has 0 radical (unpaired) electrons. The van der Waals surface area contributed by atoms with E-state index >= 15 is 0 Å². The summed E-state index contributed by atoms with van der Waals surface area (Å²) in [4.78, 5) is 25.7. The summed E-state index contributed by atoms with van der Waals surface area (Å²) < 4.78 is 36.2. The van der Waals surface area contributed by atoms with Gasteiger partial charge >= 0.3 is 5.97 Å². The lowest BCUT2D eigenvalue weighted by Crippen LogP contribution is -2.44. The predicted molar refractivity (Wildman–Crippen MR) is 71.6 cm³/mol. The maximum Gasteiger partial charge on any atom is 0.357 e. The molecule has 118 valence electrons. The fraction of sp³-hybridized carbons (Fsp3) is 0.385. The van der Waals surface area contributed by atoms with Crippen molar-refractivity contribution in [2.24, 2.45) is 4.99 Å². The second-order valence-corrected chi connectivity index (χ2v) is 4.43. The molecule has 1 aromatic carbocycles. The van der Waals surface area contributed by atoms with Gasteiger partial charge in [0, 0.05) is 12.1 Å². The molecule has 9 heteroatoms. The van der Waals surface area contributed by atoms with Crippen LogP contribution >= 0.6 is 0 Å². The van der Waals surface area contributed by atoms with Crippen molar-refractivity contribution in [1.82, 2.24) is 0 Å². The molecule has 0 saturated carbocycles. The lowest BCUT2D eigenvalue weighted by molar-refractivity contribution is -0.384. The lowest BCUT2D eigenvalue weighted by Gasteiger charge is -2.30. The normalized spacial score (nSPS) is 15.3. The predicted octanol–water partition coefficient (Wildman–Crippen LogP) is 1.97. The summed E-state index contributed by atoms with van der Waals surface area (Å²) in [5.74, 6) is -1.00. The van der Waals surface area contributed by atoms with Crippen LogP contribution in [0.3, 0.4) is 0 Å². The van der Waals surface area contributed by atoms with Gasteiger partial charge in [-0.25, -0.2) is 18.6 Å². The SMILES string of the molecule is CCOC(=O)C1=NC(CF)(CF)Oc2ccc([N+](=O)[O-])cc21. The van der Waals surface area contributed by atoms with Crippen molar-refractivity contribution in [1.29, 1.82) is 0 Å². The van der Waals surface area contributed by atoms with Crippen LogP contribution in [0.1, 0.15) is 12.5 Å². The third kappa shape index (κ3) is 2.74. The third-order valence-corrected chi connectivity index (χ3v) is 2.93. The van der Waals surface area contributed by atoms with Crippen LogP contribution in [0.2, 0.25) is 0 Å². The van der Waals surface area contributed by atoms with Crippen LogP contribution < -0.4 is 4.74 Å². The minimum atomic E-state index is -2.18. The van der Waals surface area contributed by atoms with Crippen molar-refractivity contribution >= 4 is 17.4 Å². The number of carbonyl (C=O) groups is 1. The van der Waals surface area contributed by atoms with Crippen molar-refractivity contribution in [3.63, 3.8) is 0 Å². The molecule has 22 heavy (non-hydrogen) atoms. The van der Waals surface area contributed by atoms with Gasteiger partial charge in [0.2, 0.25) is 0 Å². The van der Waals surface area contributed by atoms with E-state index in [1.165, 1.54) is 6.07 Å². The first-order chi connectivity index (χ1) is 10.5. The van der Waals surface area contributed by atoms with E-state index < -0.39 is 35.7 Å². The van der Waals surface area contributed by atoms with Gasteiger partial charge in [0.25, 0.3) is 11.4 Å².